The van der Waals surface area contributed by atoms with Gasteiger partial charge >= 0.3 is 0 Å². The zero-order valence-corrected chi connectivity index (χ0v) is 23.7. The van der Waals surface area contributed by atoms with Crippen molar-refractivity contribution in [3.05, 3.63) is 42.2 Å². The van der Waals surface area contributed by atoms with E-state index in [1.807, 2.05) is 36.7 Å². The molecule has 0 fully saturated rings. The summed E-state index contributed by atoms with van der Waals surface area (Å²) in [5.41, 5.74) is 2.27. The van der Waals surface area contributed by atoms with E-state index in [-0.39, 0.29) is 0 Å². The van der Waals surface area contributed by atoms with Crippen molar-refractivity contribution in [2.45, 2.75) is 103 Å². The van der Waals surface area contributed by atoms with Crippen LogP contribution in [-0.4, -0.2) is 33.9 Å². The minimum atomic E-state index is -1.53. The van der Waals surface area contributed by atoms with Crippen LogP contribution >= 0.6 is 0 Å². The smallest absolute Gasteiger partial charge is 0.191 e. The van der Waals surface area contributed by atoms with Gasteiger partial charge in [0, 0.05) is 18.0 Å². The molecule has 0 saturated heterocycles. The summed E-state index contributed by atoms with van der Waals surface area (Å²) in [4.78, 5) is 9.19. The summed E-state index contributed by atoms with van der Waals surface area (Å²) in [6, 6.07) is 9.28. The second kappa shape index (κ2) is 15.4. The molecule has 0 unspecified atom stereocenters. The summed E-state index contributed by atoms with van der Waals surface area (Å²) in [6.07, 6.45) is 16.8. The van der Waals surface area contributed by atoms with Crippen LogP contribution in [0.5, 0.6) is 5.75 Å². The molecule has 0 aliphatic rings. The van der Waals surface area contributed by atoms with E-state index in [2.05, 4.69) is 43.1 Å². The number of rotatable bonds is 17. The third-order valence-corrected chi connectivity index (χ3v) is 11.2. The van der Waals surface area contributed by atoms with Gasteiger partial charge < -0.3 is 8.85 Å². The largest absolute Gasteiger partial charge is 0.494 e. The zero-order valence-electron chi connectivity index (χ0n) is 21.7. The Kier molecular flexibility index (Phi) is 12.9. The fraction of sp³-hybridized carbons (Fsp3) is 0.630. The first kappa shape index (κ1) is 27.7. The van der Waals surface area contributed by atoms with E-state index < -0.39 is 17.4 Å². The molecule has 2 rings (SSSR count). The van der Waals surface area contributed by atoms with E-state index in [9.17, 15) is 0 Å². The standard InChI is InChI=1S/C27H45N2O2Si2/c1-6-7-8-9-10-11-12-13-15-24-22-28-27(29-23-24)25-16-18-26(19-17-25)30-20-14-21-33(4,5)31-32(2)3/h16-19,22-23H,6-15,20-21H2,1-5H3. The summed E-state index contributed by atoms with van der Waals surface area (Å²) < 4.78 is 12.1. The van der Waals surface area contributed by atoms with Crippen LogP contribution in [-0.2, 0) is 10.5 Å². The van der Waals surface area contributed by atoms with Gasteiger partial charge in [-0.15, -0.1) is 0 Å². The Balaban J connectivity index is 1.68. The van der Waals surface area contributed by atoms with E-state index in [4.69, 9.17) is 8.85 Å². The van der Waals surface area contributed by atoms with Gasteiger partial charge in [-0.2, -0.15) is 0 Å². The van der Waals surface area contributed by atoms with E-state index in [0.29, 0.717) is 0 Å². The molecule has 1 aromatic carbocycles. The average molecular weight is 486 g/mol. The van der Waals surface area contributed by atoms with Gasteiger partial charge in [-0.25, -0.2) is 9.97 Å². The predicted molar refractivity (Wildman–Crippen MR) is 145 cm³/mol. The molecule has 4 nitrogen and oxygen atoms in total. The van der Waals surface area contributed by atoms with Crippen LogP contribution in [0.25, 0.3) is 11.4 Å². The molecule has 0 bridgehead atoms. The minimum absolute atomic E-state index is 0.615. The van der Waals surface area contributed by atoms with Crippen molar-refractivity contribution < 1.29 is 8.85 Å². The van der Waals surface area contributed by atoms with Crippen molar-refractivity contribution in [3.8, 4) is 17.1 Å². The number of hydrogen-bond acceptors (Lipinski definition) is 4. The highest BCUT2D eigenvalue weighted by molar-refractivity contribution is 6.77. The predicted octanol–water partition coefficient (Wildman–Crippen LogP) is 8.07. The third-order valence-electron chi connectivity index (χ3n) is 5.81. The van der Waals surface area contributed by atoms with Gasteiger partial charge in [0.25, 0.3) is 0 Å². The summed E-state index contributed by atoms with van der Waals surface area (Å²) >= 11 is 0. The van der Waals surface area contributed by atoms with Gasteiger partial charge in [-0.1, -0.05) is 51.9 Å². The van der Waals surface area contributed by atoms with E-state index in [1.165, 1.54) is 56.9 Å². The molecule has 0 spiro atoms. The van der Waals surface area contributed by atoms with Crippen molar-refractivity contribution >= 4 is 17.4 Å². The zero-order chi connectivity index (χ0) is 23.9. The first-order valence-electron chi connectivity index (χ1n) is 12.9. The van der Waals surface area contributed by atoms with Gasteiger partial charge in [0.2, 0.25) is 0 Å². The molecule has 33 heavy (non-hydrogen) atoms. The summed E-state index contributed by atoms with van der Waals surface area (Å²) in [6.45, 7) is 12.0. The lowest BCUT2D eigenvalue weighted by molar-refractivity contribution is 0.315. The van der Waals surface area contributed by atoms with Crippen LogP contribution in [0.2, 0.25) is 32.2 Å². The number of aryl methyl sites for hydroxylation is 1. The fourth-order valence-corrected chi connectivity index (χ4v) is 9.91. The molecule has 183 valence electrons. The average Bonchev–Trinajstić information content (AvgIpc) is 2.78. The number of aromatic nitrogens is 2. The lowest BCUT2D eigenvalue weighted by Gasteiger charge is -2.25. The van der Waals surface area contributed by atoms with Gasteiger partial charge in [0.15, 0.2) is 23.2 Å². The van der Waals surface area contributed by atoms with E-state index >= 15 is 0 Å². The molecule has 0 amide bonds. The number of nitrogens with zero attached hydrogens (tertiary/aromatic N) is 2. The summed E-state index contributed by atoms with van der Waals surface area (Å²) in [5.74, 6) is 1.68. The van der Waals surface area contributed by atoms with Crippen molar-refractivity contribution in [2.75, 3.05) is 6.61 Å². The monoisotopic (exact) mass is 485 g/mol. The molecular formula is C27H45N2O2Si2. The maximum Gasteiger partial charge on any atom is 0.191 e. The minimum Gasteiger partial charge on any atom is -0.494 e. The molecule has 0 N–H and O–H groups in total. The molecule has 1 heterocycles. The quantitative estimate of drug-likeness (QED) is 0.168. The maximum atomic E-state index is 6.18. The van der Waals surface area contributed by atoms with Crippen LogP contribution in [0.15, 0.2) is 36.7 Å². The van der Waals surface area contributed by atoms with Gasteiger partial charge in [0.1, 0.15) is 5.75 Å². The molecule has 1 aromatic heterocycles. The van der Waals surface area contributed by atoms with Crippen LogP contribution in [0, 0.1) is 0 Å². The molecule has 0 aliphatic carbocycles. The highest BCUT2D eigenvalue weighted by Gasteiger charge is 2.23. The molecule has 1 radical (unpaired) electrons. The maximum absolute atomic E-state index is 6.18. The third kappa shape index (κ3) is 12.0. The molecule has 0 aliphatic heterocycles. The Labute approximate surface area is 205 Å². The van der Waals surface area contributed by atoms with Gasteiger partial charge in [-0.3, -0.25) is 0 Å². The molecule has 0 atom stereocenters. The molecule has 6 heteroatoms. The first-order chi connectivity index (χ1) is 15.9. The van der Waals surface area contributed by atoms with Crippen molar-refractivity contribution in [1.82, 2.24) is 9.97 Å². The second-order valence-electron chi connectivity index (χ2n) is 9.89. The van der Waals surface area contributed by atoms with Crippen molar-refractivity contribution in [1.29, 1.82) is 0 Å². The van der Waals surface area contributed by atoms with Gasteiger partial charge in [-0.05, 0) is 81.3 Å². The highest BCUT2D eigenvalue weighted by Crippen LogP contribution is 2.21. The normalized spacial score (nSPS) is 11.8. The van der Waals surface area contributed by atoms with Crippen LogP contribution in [0.3, 0.4) is 0 Å². The number of hydrogen-bond donors (Lipinski definition) is 0. The molecular weight excluding hydrogens is 440 g/mol. The Morgan fingerprint density at radius 1 is 0.818 bits per heavy atom. The Morgan fingerprint density at radius 3 is 2.03 bits per heavy atom. The fourth-order valence-electron chi connectivity index (χ4n) is 4.09. The van der Waals surface area contributed by atoms with Crippen LogP contribution in [0.1, 0.15) is 70.3 Å². The Morgan fingerprint density at radius 2 is 1.42 bits per heavy atom. The number of benzene rings is 1. The second-order valence-corrected chi connectivity index (χ2v) is 16.5. The lowest BCUT2D eigenvalue weighted by atomic mass is 10.1. The van der Waals surface area contributed by atoms with Crippen molar-refractivity contribution in [3.63, 3.8) is 0 Å². The molecule has 2 aromatic rings. The molecule has 0 saturated carbocycles. The summed E-state index contributed by atoms with van der Waals surface area (Å²) in [5, 5.41) is 0. The SMILES string of the molecule is CCCCCCCCCCc1cnc(-c2ccc(OCCC[Si](C)(C)O[Si](C)C)cc2)nc1. The van der Waals surface area contributed by atoms with E-state index in [1.54, 1.807) is 0 Å². The van der Waals surface area contributed by atoms with Crippen molar-refractivity contribution in [2.24, 2.45) is 0 Å². The van der Waals surface area contributed by atoms with Crippen LogP contribution < -0.4 is 4.74 Å². The van der Waals surface area contributed by atoms with E-state index in [0.717, 1.165) is 42.6 Å². The summed E-state index contributed by atoms with van der Waals surface area (Å²) in [7, 11) is -2.15. The van der Waals surface area contributed by atoms with Gasteiger partial charge in [0.05, 0.1) is 6.61 Å². The van der Waals surface area contributed by atoms with Crippen LogP contribution in [0.4, 0.5) is 0 Å². The Bertz CT molecular complexity index is 765. The lowest BCUT2D eigenvalue weighted by Crippen LogP contribution is -2.35. The topological polar surface area (TPSA) is 44.2 Å². The Hall–Kier alpha value is -1.51. The number of ether oxygens (including phenoxy) is 1. The first-order valence-corrected chi connectivity index (χ1v) is 18.5. The number of unbranched alkanes of at least 4 members (excludes halogenated alkanes) is 7. The highest BCUT2D eigenvalue weighted by atomic mass is 28.4.